The number of rotatable bonds is 12. The number of benzene rings is 1. The highest BCUT2D eigenvalue weighted by Gasteiger charge is 2.39. The number of aromatic amines is 1. The normalized spacial score (nSPS) is 19.6. The van der Waals surface area contributed by atoms with Gasteiger partial charge in [0.25, 0.3) is 0 Å². The maximum absolute atomic E-state index is 12.6. The van der Waals surface area contributed by atoms with Crippen LogP contribution in [-0.4, -0.2) is 114 Å². The van der Waals surface area contributed by atoms with Crippen molar-refractivity contribution < 1.29 is 14.6 Å². The second kappa shape index (κ2) is 14.6. The molecule has 0 saturated carbocycles. The average molecular weight is 672 g/mol. The van der Waals surface area contributed by atoms with E-state index in [9.17, 15) is 9.90 Å². The summed E-state index contributed by atoms with van der Waals surface area (Å²) in [6.07, 6.45) is 5.91. The summed E-state index contributed by atoms with van der Waals surface area (Å²) in [5, 5.41) is 18.6. The molecule has 4 heterocycles. The number of anilines is 2. The lowest BCUT2D eigenvalue weighted by Gasteiger charge is -2.33. The molecule has 0 bridgehead atoms. The number of aromatic nitrogens is 3. The molecule has 2 amide bonds. The van der Waals surface area contributed by atoms with Gasteiger partial charge in [-0.25, -0.2) is 14.8 Å². The smallest absolute Gasteiger partial charge is 0.319 e. The third-order valence-electron chi connectivity index (χ3n) is 8.55. The number of nitrogens with zero attached hydrogens (tertiary/aromatic N) is 5. The molecule has 11 nitrogen and oxygen atoms in total. The lowest BCUT2D eigenvalue weighted by Crippen LogP contribution is -2.47. The molecule has 2 saturated heterocycles. The van der Waals surface area contributed by atoms with Crippen LogP contribution in [-0.2, 0) is 10.2 Å². The number of H-pyrrole nitrogens is 1. The summed E-state index contributed by atoms with van der Waals surface area (Å²) in [7, 11) is 0. The lowest BCUT2D eigenvalue weighted by atomic mass is 9.87. The summed E-state index contributed by atoms with van der Waals surface area (Å²) in [4.78, 5) is 31.6. The summed E-state index contributed by atoms with van der Waals surface area (Å²) in [5.74, 6) is 0.834. The molecule has 2 fully saturated rings. The molecule has 2 aliphatic heterocycles. The highest BCUT2D eigenvalue weighted by molar-refractivity contribution is 9.10. The predicted octanol–water partition coefficient (Wildman–Crippen LogP) is 4.20. The van der Waals surface area contributed by atoms with Gasteiger partial charge in [-0.3, -0.25) is 4.90 Å². The average Bonchev–Trinajstić information content (AvgIpc) is 3.58. The Hall–Kier alpha value is -2.77. The first-order valence-electron chi connectivity index (χ1n) is 15.7. The third-order valence-corrected chi connectivity index (χ3v) is 9.17. The van der Waals surface area contributed by atoms with E-state index < -0.39 is 5.60 Å². The van der Waals surface area contributed by atoms with Crippen LogP contribution in [0.25, 0.3) is 11.0 Å². The fraction of sp³-hybridized carbons (Fsp3) is 0.594. The number of halogens is 1. The SMILES string of the molecule is CC(C)(C)c1ccc(NC(=O)NCCCN(CCCN2CCOCC2)CC2(O)CCN(c3ncnc4[nH]cc(Br)c34)C2)cc1. The maximum atomic E-state index is 12.6. The van der Waals surface area contributed by atoms with Crippen LogP contribution < -0.4 is 15.5 Å². The van der Waals surface area contributed by atoms with Gasteiger partial charge in [0.15, 0.2) is 0 Å². The van der Waals surface area contributed by atoms with E-state index >= 15 is 0 Å². The van der Waals surface area contributed by atoms with E-state index in [1.165, 1.54) is 5.56 Å². The van der Waals surface area contributed by atoms with Crippen molar-refractivity contribution in [2.24, 2.45) is 0 Å². The van der Waals surface area contributed by atoms with Gasteiger partial charge >= 0.3 is 6.03 Å². The van der Waals surface area contributed by atoms with E-state index in [1.807, 2.05) is 18.3 Å². The van der Waals surface area contributed by atoms with Crippen molar-refractivity contribution in [3.05, 3.63) is 46.8 Å². The Morgan fingerprint density at radius 2 is 1.89 bits per heavy atom. The van der Waals surface area contributed by atoms with Crippen molar-refractivity contribution in [3.8, 4) is 0 Å². The number of amides is 2. The zero-order valence-corrected chi connectivity index (χ0v) is 27.8. The Morgan fingerprint density at radius 3 is 2.64 bits per heavy atom. The molecule has 44 heavy (non-hydrogen) atoms. The predicted molar refractivity (Wildman–Crippen MR) is 178 cm³/mol. The van der Waals surface area contributed by atoms with Gasteiger partial charge < -0.3 is 35.3 Å². The van der Waals surface area contributed by atoms with Crippen LogP contribution in [0.15, 0.2) is 41.3 Å². The van der Waals surface area contributed by atoms with Gasteiger partial charge in [0, 0.05) is 55.6 Å². The zero-order chi connectivity index (χ0) is 31.2. The van der Waals surface area contributed by atoms with E-state index in [4.69, 9.17) is 4.74 Å². The Labute approximate surface area is 268 Å². The van der Waals surface area contributed by atoms with Gasteiger partial charge in [0.05, 0.1) is 24.2 Å². The summed E-state index contributed by atoms with van der Waals surface area (Å²) < 4.78 is 6.42. The van der Waals surface area contributed by atoms with Gasteiger partial charge in [0.1, 0.15) is 17.8 Å². The molecule has 1 atom stereocenters. The standard InChI is InChI=1S/C32H47BrN8O3/c1-31(2,3)24-6-8-25(9-7-24)38-30(42)34-11-4-12-40(14-5-13-39-16-18-44-19-17-39)21-32(43)10-15-41(22-32)29-27-26(33)20-35-28(27)36-23-37-29/h6-9,20,23,43H,4-5,10-19,21-22H2,1-3H3,(H2,34,38,42)(H,35,36,37). The minimum Gasteiger partial charge on any atom is -0.387 e. The van der Waals surface area contributed by atoms with E-state index in [0.717, 1.165) is 92.3 Å². The van der Waals surface area contributed by atoms with Gasteiger partial charge in [-0.2, -0.15) is 0 Å². The molecule has 2 aromatic heterocycles. The van der Waals surface area contributed by atoms with Crippen molar-refractivity contribution in [1.29, 1.82) is 0 Å². The first kappa shape index (κ1) is 32.6. The Kier molecular flexibility index (Phi) is 10.8. The first-order chi connectivity index (χ1) is 21.1. The number of urea groups is 1. The van der Waals surface area contributed by atoms with Crippen molar-refractivity contribution >= 4 is 44.5 Å². The topological polar surface area (TPSA) is 122 Å². The quantitative estimate of drug-likeness (QED) is 0.212. The van der Waals surface area contributed by atoms with Gasteiger partial charge in [0.2, 0.25) is 0 Å². The van der Waals surface area contributed by atoms with Gasteiger partial charge in [-0.15, -0.1) is 0 Å². The largest absolute Gasteiger partial charge is 0.387 e. The minimum absolute atomic E-state index is 0.0701. The van der Waals surface area contributed by atoms with Crippen molar-refractivity contribution in [2.45, 2.75) is 51.0 Å². The summed E-state index contributed by atoms with van der Waals surface area (Å²) in [5.41, 5.74) is 2.00. The van der Waals surface area contributed by atoms with Crippen molar-refractivity contribution in [1.82, 2.24) is 30.1 Å². The van der Waals surface area contributed by atoms with E-state index in [1.54, 1.807) is 6.33 Å². The Bertz CT molecular complexity index is 1370. The molecule has 12 heteroatoms. The van der Waals surface area contributed by atoms with Crippen molar-refractivity contribution in [2.75, 3.05) is 82.3 Å². The molecule has 240 valence electrons. The molecule has 0 spiro atoms. The minimum atomic E-state index is -0.858. The van der Waals surface area contributed by atoms with Crippen LogP contribution in [0.1, 0.15) is 45.6 Å². The van der Waals surface area contributed by atoms with Crippen LogP contribution >= 0.6 is 15.9 Å². The molecular formula is C32H47BrN8O3. The zero-order valence-electron chi connectivity index (χ0n) is 26.2. The van der Waals surface area contributed by atoms with Crippen LogP contribution in [0.5, 0.6) is 0 Å². The molecule has 0 aliphatic carbocycles. The monoisotopic (exact) mass is 670 g/mol. The van der Waals surface area contributed by atoms with E-state index in [-0.39, 0.29) is 11.4 Å². The molecule has 3 aromatic rings. The number of morpholine rings is 1. The second-order valence-corrected chi connectivity index (χ2v) is 14.0. The molecule has 4 N–H and O–H groups in total. The molecule has 1 unspecified atom stereocenters. The third kappa shape index (κ3) is 8.69. The Morgan fingerprint density at radius 1 is 1.14 bits per heavy atom. The second-order valence-electron chi connectivity index (χ2n) is 13.1. The molecule has 2 aliphatic rings. The maximum Gasteiger partial charge on any atom is 0.319 e. The highest BCUT2D eigenvalue weighted by atomic mass is 79.9. The number of hydrogen-bond acceptors (Lipinski definition) is 8. The molecule has 0 radical (unpaired) electrons. The number of fused-ring (bicyclic) bond motifs is 1. The number of carbonyl (C=O) groups is 1. The molecular weight excluding hydrogens is 624 g/mol. The number of β-amino-alcohol motifs (C(OH)–C–C–N with tert-alkyl or cyclic N) is 1. The van der Waals surface area contributed by atoms with Crippen LogP contribution in [0, 0.1) is 0 Å². The molecule has 1 aromatic carbocycles. The number of ether oxygens (including phenoxy) is 1. The van der Waals surface area contributed by atoms with Crippen molar-refractivity contribution in [3.63, 3.8) is 0 Å². The Balaban J connectivity index is 1.14. The van der Waals surface area contributed by atoms with E-state index in [2.05, 4.69) is 89.1 Å². The number of aliphatic hydroxyl groups is 1. The number of hydrogen-bond donors (Lipinski definition) is 4. The first-order valence-corrected chi connectivity index (χ1v) is 16.5. The van der Waals surface area contributed by atoms with Crippen LogP contribution in [0.4, 0.5) is 16.3 Å². The van der Waals surface area contributed by atoms with Crippen LogP contribution in [0.2, 0.25) is 0 Å². The fourth-order valence-electron chi connectivity index (χ4n) is 6.08. The number of carbonyl (C=O) groups excluding carboxylic acids is 1. The fourth-order valence-corrected chi connectivity index (χ4v) is 6.56. The van der Waals surface area contributed by atoms with Gasteiger partial charge in [-0.1, -0.05) is 32.9 Å². The van der Waals surface area contributed by atoms with Gasteiger partial charge in [-0.05, 0) is 77.9 Å². The van der Waals surface area contributed by atoms with E-state index in [0.29, 0.717) is 26.1 Å². The summed E-state index contributed by atoms with van der Waals surface area (Å²) in [6.45, 7) is 15.1. The lowest BCUT2D eigenvalue weighted by molar-refractivity contribution is 0.0168. The molecule has 5 rings (SSSR count). The number of nitrogens with one attached hydrogen (secondary N) is 3. The summed E-state index contributed by atoms with van der Waals surface area (Å²) >= 11 is 3.61. The summed E-state index contributed by atoms with van der Waals surface area (Å²) in [6, 6.07) is 7.81. The highest BCUT2D eigenvalue weighted by Crippen LogP contribution is 2.34. The van der Waals surface area contributed by atoms with Crippen LogP contribution in [0.3, 0.4) is 0 Å².